The van der Waals surface area contributed by atoms with Crippen LogP contribution in [0.15, 0.2) is 35.0 Å². The Morgan fingerprint density at radius 3 is 2.50 bits per heavy atom. The highest BCUT2D eigenvalue weighted by molar-refractivity contribution is 6.49. The lowest BCUT2D eigenvalue weighted by Gasteiger charge is -2.37. The van der Waals surface area contributed by atoms with Crippen LogP contribution in [0.25, 0.3) is 0 Å². The summed E-state index contributed by atoms with van der Waals surface area (Å²) in [5.41, 5.74) is 1.12. The van der Waals surface area contributed by atoms with Crippen molar-refractivity contribution in [2.24, 2.45) is 0 Å². The molecule has 1 heterocycles. The van der Waals surface area contributed by atoms with Gasteiger partial charge in [-0.25, -0.2) is 0 Å². The predicted octanol–water partition coefficient (Wildman–Crippen LogP) is 2.24. The second-order valence-electron chi connectivity index (χ2n) is 4.98. The van der Waals surface area contributed by atoms with Gasteiger partial charge in [-0.15, -0.1) is 0 Å². The number of ketones is 2. The lowest BCUT2D eigenvalue weighted by molar-refractivity contribution is 0.0158. The van der Waals surface area contributed by atoms with Crippen molar-refractivity contribution in [2.75, 3.05) is 19.8 Å². The Kier molecular flexibility index (Phi) is 3.36. The average Bonchev–Trinajstić information content (AvgIpc) is 2.47. The van der Waals surface area contributed by atoms with Gasteiger partial charge in [0.15, 0.2) is 0 Å². The largest absolute Gasteiger partial charge is 0.377 e. The van der Waals surface area contributed by atoms with Crippen molar-refractivity contribution in [1.29, 1.82) is 0 Å². The fourth-order valence-corrected chi connectivity index (χ4v) is 2.94. The van der Waals surface area contributed by atoms with E-state index in [-0.39, 0.29) is 22.6 Å². The van der Waals surface area contributed by atoms with Crippen LogP contribution in [0.3, 0.4) is 0 Å². The molecule has 104 valence electrons. The Hall–Kier alpha value is -1.65. The number of morpholine rings is 1. The van der Waals surface area contributed by atoms with Crippen molar-refractivity contribution in [3.05, 3.63) is 46.1 Å². The third-order valence-electron chi connectivity index (χ3n) is 3.69. The number of fused-ring (bicyclic) bond motifs is 1. The third-order valence-corrected chi connectivity index (χ3v) is 4.04. The van der Waals surface area contributed by atoms with Crippen molar-refractivity contribution >= 4 is 23.2 Å². The van der Waals surface area contributed by atoms with E-state index in [0.29, 0.717) is 36.6 Å². The van der Waals surface area contributed by atoms with E-state index >= 15 is 0 Å². The fraction of sp³-hybridized carbons (Fsp3) is 0.333. The van der Waals surface area contributed by atoms with E-state index < -0.39 is 0 Å². The van der Waals surface area contributed by atoms with Crippen LogP contribution in [0.2, 0.25) is 0 Å². The standard InChI is InChI=1S/C15H14ClNO3/c1-9-8-20-7-6-17(9)13-12(16)14(18)10-4-2-3-5-11(10)15(13)19/h2-5,9H,6-8H2,1H3. The maximum absolute atomic E-state index is 12.6. The minimum atomic E-state index is -0.282. The first-order valence-corrected chi connectivity index (χ1v) is 6.91. The quantitative estimate of drug-likeness (QED) is 0.796. The summed E-state index contributed by atoms with van der Waals surface area (Å²) in [4.78, 5) is 26.8. The molecule has 0 amide bonds. The summed E-state index contributed by atoms with van der Waals surface area (Å²) >= 11 is 6.18. The summed E-state index contributed by atoms with van der Waals surface area (Å²) in [6.07, 6.45) is 0. The Morgan fingerprint density at radius 2 is 1.85 bits per heavy atom. The Balaban J connectivity index is 2.09. The summed E-state index contributed by atoms with van der Waals surface area (Å²) in [7, 11) is 0. The summed E-state index contributed by atoms with van der Waals surface area (Å²) in [5, 5.41) is 0.0162. The summed E-state index contributed by atoms with van der Waals surface area (Å²) < 4.78 is 5.37. The zero-order valence-corrected chi connectivity index (χ0v) is 11.8. The van der Waals surface area contributed by atoms with Crippen molar-refractivity contribution in [1.82, 2.24) is 4.90 Å². The lowest BCUT2D eigenvalue weighted by atomic mass is 9.91. The van der Waals surface area contributed by atoms with Gasteiger partial charge in [0.1, 0.15) is 10.7 Å². The molecule has 1 aliphatic heterocycles. The second kappa shape index (κ2) is 5.04. The molecule has 1 unspecified atom stereocenters. The maximum Gasteiger partial charge on any atom is 0.211 e. The average molecular weight is 292 g/mol. The number of carbonyl (C=O) groups is 2. The Labute approximate surface area is 122 Å². The molecular weight excluding hydrogens is 278 g/mol. The number of ether oxygens (including phenoxy) is 1. The molecule has 1 atom stereocenters. The molecule has 0 N–H and O–H groups in total. The van der Waals surface area contributed by atoms with Gasteiger partial charge in [0.2, 0.25) is 11.6 Å². The molecule has 4 nitrogen and oxygen atoms in total. The van der Waals surface area contributed by atoms with Crippen LogP contribution >= 0.6 is 11.6 Å². The number of carbonyl (C=O) groups excluding carboxylic acids is 2. The molecule has 20 heavy (non-hydrogen) atoms. The molecule has 2 aliphatic rings. The van der Waals surface area contributed by atoms with Crippen LogP contribution in [0.5, 0.6) is 0 Å². The third kappa shape index (κ3) is 1.96. The predicted molar refractivity (Wildman–Crippen MR) is 75.0 cm³/mol. The summed E-state index contributed by atoms with van der Waals surface area (Å²) in [6.45, 7) is 3.57. The number of nitrogens with zero attached hydrogens (tertiary/aromatic N) is 1. The molecule has 1 saturated heterocycles. The number of hydrogen-bond acceptors (Lipinski definition) is 4. The monoisotopic (exact) mass is 291 g/mol. The number of benzene rings is 1. The first-order chi connectivity index (χ1) is 9.61. The normalized spacial score (nSPS) is 23.1. The molecule has 1 aliphatic carbocycles. The lowest BCUT2D eigenvalue weighted by Crippen LogP contribution is -2.46. The zero-order valence-electron chi connectivity index (χ0n) is 11.1. The van der Waals surface area contributed by atoms with Gasteiger partial charge >= 0.3 is 0 Å². The first-order valence-electron chi connectivity index (χ1n) is 6.54. The van der Waals surface area contributed by atoms with Crippen LogP contribution in [-0.2, 0) is 4.74 Å². The number of hydrogen-bond donors (Lipinski definition) is 0. The minimum absolute atomic E-state index is 0.0162. The Morgan fingerprint density at radius 1 is 1.20 bits per heavy atom. The number of allylic oxidation sites excluding steroid dienone is 2. The van der Waals surface area contributed by atoms with E-state index in [1.165, 1.54) is 0 Å². The van der Waals surface area contributed by atoms with Crippen LogP contribution in [-0.4, -0.2) is 42.3 Å². The maximum atomic E-state index is 12.6. The van der Waals surface area contributed by atoms with Gasteiger partial charge in [0, 0.05) is 23.7 Å². The van der Waals surface area contributed by atoms with Gasteiger partial charge in [-0.05, 0) is 6.92 Å². The number of Topliss-reactive ketones (excluding diaryl/α,β-unsaturated/α-hetero) is 2. The van der Waals surface area contributed by atoms with E-state index in [1.54, 1.807) is 24.3 Å². The van der Waals surface area contributed by atoms with Gasteiger partial charge in [0.05, 0.1) is 13.2 Å². The van der Waals surface area contributed by atoms with Gasteiger partial charge in [-0.2, -0.15) is 0 Å². The Bertz CT molecular complexity index is 623. The van der Waals surface area contributed by atoms with Gasteiger partial charge in [-0.3, -0.25) is 9.59 Å². The van der Waals surface area contributed by atoms with Crippen LogP contribution in [0.4, 0.5) is 0 Å². The smallest absolute Gasteiger partial charge is 0.211 e. The highest BCUT2D eigenvalue weighted by atomic mass is 35.5. The molecule has 0 aromatic heterocycles. The van der Waals surface area contributed by atoms with Crippen LogP contribution in [0.1, 0.15) is 27.6 Å². The van der Waals surface area contributed by atoms with Crippen molar-refractivity contribution in [3.8, 4) is 0 Å². The molecule has 5 heteroatoms. The molecule has 0 radical (unpaired) electrons. The van der Waals surface area contributed by atoms with E-state index in [9.17, 15) is 9.59 Å². The van der Waals surface area contributed by atoms with Crippen molar-refractivity contribution < 1.29 is 14.3 Å². The highest BCUT2D eigenvalue weighted by Gasteiger charge is 2.36. The van der Waals surface area contributed by atoms with E-state index in [0.717, 1.165) is 0 Å². The second-order valence-corrected chi connectivity index (χ2v) is 5.36. The molecule has 1 aromatic rings. The SMILES string of the molecule is CC1COCCN1C1=C(Cl)C(=O)c2ccccc2C1=O. The van der Waals surface area contributed by atoms with Gasteiger partial charge in [-0.1, -0.05) is 35.9 Å². The molecule has 0 spiro atoms. The number of rotatable bonds is 1. The summed E-state index contributed by atoms with van der Waals surface area (Å²) in [6, 6.07) is 6.82. The van der Waals surface area contributed by atoms with Crippen molar-refractivity contribution in [2.45, 2.75) is 13.0 Å². The van der Waals surface area contributed by atoms with Gasteiger partial charge < -0.3 is 9.64 Å². The van der Waals surface area contributed by atoms with E-state index in [4.69, 9.17) is 16.3 Å². The van der Waals surface area contributed by atoms with Crippen LogP contribution in [0, 0.1) is 0 Å². The summed E-state index contributed by atoms with van der Waals surface area (Å²) in [5.74, 6) is -0.463. The zero-order chi connectivity index (χ0) is 14.3. The molecule has 0 saturated carbocycles. The molecule has 1 aromatic carbocycles. The fourth-order valence-electron chi connectivity index (χ4n) is 2.65. The first kappa shape index (κ1) is 13.3. The molecule has 0 bridgehead atoms. The van der Waals surface area contributed by atoms with Crippen LogP contribution < -0.4 is 0 Å². The minimum Gasteiger partial charge on any atom is -0.377 e. The molecule has 3 rings (SSSR count). The van der Waals surface area contributed by atoms with Gasteiger partial charge in [0.25, 0.3) is 0 Å². The topological polar surface area (TPSA) is 46.6 Å². The highest BCUT2D eigenvalue weighted by Crippen LogP contribution is 2.31. The number of halogens is 1. The molecule has 1 fully saturated rings. The van der Waals surface area contributed by atoms with E-state index in [1.807, 2.05) is 11.8 Å². The molecular formula is C15H14ClNO3. The van der Waals surface area contributed by atoms with Crippen molar-refractivity contribution in [3.63, 3.8) is 0 Å². The van der Waals surface area contributed by atoms with E-state index in [2.05, 4.69) is 0 Å².